The lowest BCUT2D eigenvalue weighted by Gasteiger charge is -2.38. The van der Waals surface area contributed by atoms with Crippen molar-refractivity contribution in [2.75, 3.05) is 33.4 Å². The third-order valence-electron chi connectivity index (χ3n) is 7.82. The van der Waals surface area contributed by atoms with Gasteiger partial charge in [0.15, 0.2) is 0 Å². The Balaban J connectivity index is 1.50. The van der Waals surface area contributed by atoms with E-state index in [0.29, 0.717) is 39.6 Å². The van der Waals surface area contributed by atoms with Crippen molar-refractivity contribution in [3.63, 3.8) is 0 Å². The number of nitrogens with one attached hydrogen (secondary N) is 2. The zero-order chi connectivity index (χ0) is 33.3. The minimum Gasteiger partial charge on any atom is -0.490 e. The molecule has 2 N–H and O–H groups in total. The number of pyridine rings is 1. The van der Waals surface area contributed by atoms with E-state index in [-0.39, 0.29) is 43.5 Å². The standard InChI is InChI=1S/C34H31F4N5O3S/c1-4-28(44)39-19(2)25-15-26(42-41-25)32-30(29-24(36)13-22(35)14-27(29)46-11-10-45-3)33-23(9-12-47-33)31(40-32)21-7-5-20(6-8-21)16-43-17-34(37,38)18-43/h4-9,12-15,19H,1,10-11,16-18H2,2-3H3,(H,39,44)(H,41,42)/t19-/m1/s1. The molecular formula is C34H31F4N5O3S. The largest absolute Gasteiger partial charge is 0.490 e. The Kier molecular flexibility index (Phi) is 9.13. The van der Waals surface area contributed by atoms with E-state index in [2.05, 4.69) is 22.1 Å². The van der Waals surface area contributed by atoms with Gasteiger partial charge in [0.1, 0.15) is 35.4 Å². The zero-order valence-corrected chi connectivity index (χ0v) is 26.4. The van der Waals surface area contributed by atoms with Gasteiger partial charge in [-0.2, -0.15) is 5.10 Å². The quantitative estimate of drug-likeness (QED) is 0.0837. The summed E-state index contributed by atoms with van der Waals surface area (Å²) in [5.74, 6) is -4.68. The Morgan fingerprint density at radius 3 is 2.60 bits per heavy atom. The lowest BCUT2D eigenvalue weighted by atomic mass is 9.96. The van der Waals surface area contributed by atoms with Crippen molar-refractivity contribution in [2.24, 2.45) is 0 Å². The molecule has 6 rings (SSSR count). The summed E-state index contributed by atoms with van der Waals surface area (Å²) in [6.07, 6.45) is 1.16. The van der Waals surface area contributed by atoms with Gasteiger partial charge in [0.2, 0.25) is 5.91 Å². The molecule has 4 heterocycles. The fourth-order valence-electron chi connectivity index (χ4n) is 5.58. The SMILES string of the molecule is C=CC(=O)N[C@H](C)c1cc(-c2nc(-c3ccc(CN4CC(F)(F)C4)cc3)c3ccsc3c2-c2c(F)cc(F)cc2OCCOC)n[nH]1. The second kappa shape index (κ2) is 13.3. The number of benzene rings is 2. The van der Waals surface area contributed by atoms with Gasteiger partial charge in [-0.3, -0.25) is 14.8 Å². The van der Waals surface area contributed by atoms with Crippen LogP contribution in [0.2, 0.25) is 0 Å². The molecule has 8 nitrogen and oxygen atoms in total. The van der Waals surface area contributed by atoms with Crippen LogP contribution in [0.4, 0.5) is 17.6 Å². The van der Waals surface area contributed by atoms with Gasteiger partial charge in [0, 0.05) is 47.0 Å². The molecule has 0 saturated carbocycles. The summed E-state index contributed by atoms with van der Waals surface area (Å²) in [5.41, 5.74) is 3.81. The first-order valence-corrected chi connectivity index (χ1v) is 15.7. The van der Waals surface area contributed by atoms with E-state index in [1.807, 2.05) is 35.7 Å². The highest BCUT2D eigenvalue weighted by atomic mass is 32.1. The lowest BCUT2D eigenvalue weighted by Crippen LogP contribution is -2.55. The van der Waals surface area contributed by atoms with E-state index in [1.54, 1.807) is 17.9 Å². The predicted octanol–water partition coefficient (Wildman–Crippen LogP) is 7.14. The summed E-state index contributed by atoms with van der Waals surface area (Å²) < 4.78 is 68.7. The molecule has 1 fully saturated rings. The van der Waals surface area contributed by atoms with Gasteiger partial charge in [-0.1, -0.05) is 30.8 Å². The number of carbonyl (C=O) groups is 1. The van der Waals surface area contributed by atoms with Crippen LogP contribution in [0.25, 0.3) is 43.9 Å². The molecule has 5 aromatic rings. The molecule has 1 amide bonds. The second-order valence-corrected chi connectivity index (χ2v) is 12.2. The van der Waals surface area contributed by atoms with Gasteiger partial charge >= 0.3 is 0 Å². The zero-order valence-electron chi connectivity index (χ0n) is 25.6. The summed E-state index contributed by atoms with van der Waals surface area (Å²) in [5, 5.41) is 12.8. The number of aromatic nitrogens is 3. The number of fused-ring (bicyclic) bond motifs is 1. The first-order chi connectivity index (χ1) is 22.6. The Hall–Kier alpha value is -4.59. The number of aromatic amines is 1. The molecule has 47 heavy (non-hydrogen) atoms. The molecular weight excluding hydrogens is 634 g/mol. The van der Waals surface area contributed by atoms with E-state index in [1.165, 1.54) is 18.4 Å². The minimum atomic E-state index is -2.65. The van der Waals surface area contributed by atoms with Crippen molar-refractivity contribution in [1.29, 1.82) is 0 Å². The van der Waals surface area contributed by atoms with Crippen LogP contribution >= 0.6 is 11.3 Å². The maximum Gasteiger partial charge on any atom is 0.272 e. The minimum absolute atomic E-state index is 0.0169. The number of amides is 1. The molecule has 0 spiro atoms. The van der Waals surface area contributed by atoms with Crippen LogP contribution in [0, 0.1) is 11.6 Å². The number of alkyl halides is 2. The highest BCUT2D eigenvalue weighted by Gasteiger charge is 2.43. The van der Waals surface area contributed by atoms with Crippen molar-refractivity contribution in [3.05, 3.63) is 89.5 Å². The normalized spacial score (nSPS) is 14.9. The van der Waals surface area contributed by atoms with Gasteiger partial charge in [0.25, 0.3) is 5.92 Å². The summed E-state index contributed by atoms with van der Waals surface area (Å²) >= 11 is 1.36. The number of hydrogen-bond acceptors (Lipinski definition) is 7. The monoisotopic (exact) mass is 665 g/mol. The highest BCUT2D eigenvalue weighted by Crippen LogP contribution is 2.47. The third kappa shape index (κ3) is 6.78. The number of rotatable bonds is 12. The van der Waals surface area contributed by atoms with Crippen molar-refractivity contribution in [3.8, 4) is 39.5 Å². The van der Waals surface area contributed by atoms with Gasteiger partial charge in [-0.05, 0) is 36.1 Å². The van der Waals surface area contributed by atoms with Gasteiger partial charge in [-0.25, -0.2) is 22.5 Å². The van der Waals surface area contributed by atoms with Crippen LogP contribution in [0.15, 0.2) is 66.6 Å². The molecule has 0 bridgehead atoms. The molecule has 0 unspecified atom stereocenters. The van der Waals surface area contributed by atoms with Crippen LogP contribution < -0.4 is 10.1 Å². The topological polar surface area (TPSA) is 92.4 Å². The van der Waals surface area contributed by atoms with E-state index < -0.39 is 23.6 Å². The molecule has 1 saturated heterocycles. The van der Waals surface area contributed by atoms with Crippen LogP contribution in [0.3, 0.4) is 0 Å². The Bertz CT molecular complexity index is 1930. The van der Waals surface area contributed by atoms with Gasteiger partial charge in [0.05, 0.1) is 42.7 Å². The Labute approximate surface area is 272 Å². The van der Waals surface area contributed by atoms with Crippen molar-refractivity contribution >= 4 is 27.3 Å². The van der Waals surface area contributed by atoms with Crippen molar-refractivity contribution in [1.82, 2.24) is 25.4 Å². The number of halogens is 4. The number of likely N-dealkylation sites (tertiary alicyclic amines) is 1. The fraction of sp³-hybridized carbons (Fsp3) is 0.265. The maximum absolute atomic E-state index is 15.9. The second-order valence-electron chi connectivity index (χ2n) is 11.3. The van der Waals surface area contributed by atoms with Gasteiger partial charge < -0.3 is 14.8 Å². The molecule has 2 aromatic carbocycles. The average molecular weight is 666 g/mol. The average Bonchev–Trinajstić information content (AvgIpc) is 3.71. The molecule has 0 aliphatic carbocycles. The highest BCUT2D eigenvalue weighted by molar-refractivity contribution is 7.18. The molecule has 244 valence electrons. The number of nitrogens with zero attached hydrogens (tertiary/aromatic N) is 3. The van der Waals surface area contributed by atoms with Crippen LogP contribution in [-0.4, -0.2) is 65.3 Å². The molecule has 1 atom stereocenters. The summed E-state index contributed by atoms with van der Waals surface area (Å²) in [6.45, 7) is 5.37. The Morgan fingerprint density at radius 2 is 1.89 bits per heavy atom. The van der Waals surface area contributed by atoms with Gasteiger partial charge in [-0.15, -0.1) is 11.3 Å². The van der Waals surface area contributed by atoms with E-state index in [9.17, 15) is 18.0 Å². The lowest BCUT2D eigenvalue weighted by molar-refractivity contribution is -0.133. The predicted molar refractivity (Wildman–Crippen MR) is 172 cm³/mol. The van der Waals surface area contributed by atoms with Crippen molar-refractivity contribution in [2.45, 2.75) is 25.4 Å². The van der Waals surface area contributed by atoms with Crippen LogP contribution in [-0.2, 0) is 16.1 Å². The van der Waals surface area contributed by atoms with E-state index in [0.717, 1.165) is 34.7 Å². The first kappa shape index (κ1) is 32.4. The van der Waals surface area contributed by atoms with E-state index >= 15 is 4.39 Å². The molecule has 3 aromatic heterocycles. The van der Waals surface area contributed by atoms with Crippen LogP contribution in [0.1, 0.15) is 24.2 Å². The van der Waals surface area contributed by atoms with Crippen LogP contribution in [0.5, 0.6) is 5.75 Å². The number of ether oxygens (including phenoxy) is 2. The number of hydrogen-bond donors (Lipinski definition) is 2. The number of methoxy groups -OCH3 is 1. The third-order valence-corrected chi connectivity index (χ3v) is 8.75. The molecule has 0 radical (unpaired) electrons. The summed E-state index contributed by atoms with van der Waals surface area (Å²) in [6, 6.07) is 12.5. The first-order valence-electron chi connectivity index (χ1n) is 14.8. The molecule has 13 heteroatoms. The number of H-pyrrole nitrogens is 1. The summed E-state index contributed by atoms with van der Waals surface area (Å²) in [7, 11) is 1.50. The molecule has 1 aliphatic heterocycles. The Morgan fingerprint density at radius 1 is 1.13 bits per heavy atom. The smallest absolute Gasteiger partial charge is 0.272 e. The maximum atomic E-state index is 15.9. The summed E-state index contributed by atoms with van der Waals surface area (Å²) in [4.78, 5) is 18.7. The van der Waals surface area contributed by atoms with E-state index in [4.69, 9.17) is 14.5 Å². The number of carbonyl (C=O) groups excluding carboxylic acids is 1. The fourth-order valence-corrected chi connectivity index (χ4v) is 6.53. The van der Waals surface area contributed by atoms with Crippen molar-refractivity contribution < 1.29 is 31.8 Å². The molecule has 1 aliphatic rings. The number of thiophene rings is 1.